The fraction of sp³-hybridized carbons (Fsp3) is 0.600. The molecule has 1 aliphatic rings. The molecule has 1 aromatic rings. The quantitative estimate of drug-likeness (QED) is 0.655. The van der Waals surface area contributed by atoms with Crippen LogP contribution in [0.4, 0.5) is 0 Å². The normalized spacial score (nSPS) is 16.8. The van der Waals surface area contributed by atoms with E-state index in [4.69, 9.17) is 0 Å². The van der Waals surface area contributed by atoms with Crippen LogP contribution >= 0.6 is 0 Å². The van der Waals surface area contributed by atoms with Crippen molar-refractivity contribution in [3.63, 3.8) is 0 Å². The third-order valence-electron chi connectivity index (χ3n) is 3.79. The van der Waals surface area contributed by atoms with Gasteiger partial charge < -0.3 is 9.88 Å². The van der Waals surface area contributed by atoms with Crippen LogP contribution in [0.15, 0.2) is 18.3 Å². The Bertz CT molecular complexity index is 418. The van der Waals surface area contributed by atoms with Crippen molar-refractivity contribution in [2.45, 2.75) is 57.5 Å². The SMILES string of the molecule is O=Cc1cccn1CCC(=O)NC1CCCCCC1. The molecule has 1 aliphatic carbocycles. The van der Waals surface area contributed by atoms with Crippen LogP contribution < -0.4 is 5.32 Å². The van der Waals surface area contributed by atoms with E-state index in [1.807, 2.05) is 16.8 Å². The number of hydrogen-bond donors (Lipinski definition) is 1. The highest BCUT2D eigenvalue weighted by molar-refractivity contribution is 5.76. The molecule has 2 rings (SSSR count). The highest BCUT2D eigenvalue weighted by Gasteiger charge is 2.14. The Kier molecular flexibility index (Phi) is 5.19. The summed E-state index contributed by atoms with van der Waals surface area (Å²) in [5, 5.41) is 3.12. The Morgan fingerprint density at radius 3 is 2.74 bits per heavy atom. The third kappa shape index (κ3) is 4.23. The minimum atomic E-state index is 0.0949. The lowest BCUT2D eigenvalue weighted by Gasteiger charge is -2.16. The molecule has 1 amide bonds. The summed E-state index contributed by atoms with van der Waals surface area (Å²) in [6, 6.07) is 3.94. The highest BCUT2D eigenvalue weighted by Crippen LogP contribution is 2.17. The molecule has 1 saturated carbocycles. The molecule has 0 aliphatic heterocycles. The molecule has 1 aromatic heterocycles. The van der Waals surface area contributed by atoms with Crippen LogP contribution in [0.2, 0.25) is 0 Å². The lowest BCUT2D eigenvalue weighted by Crippen LogP contribution is -2.34. The first-order chi connectivity index (χ1) is 9.29. The molecule has 19 heavy (non-hydrogen) atoms. The molecule has 1 heterocycles. The van der Waals surface area contributed by atoms with Gasteiger partial charge in [-0.1, -0.05) is 25.7 Å². The summed E-state index contributed by atoms with van der Waals surface area (Å²) in [6.45, 7) is 0.569. The summed E-state index contributed by atoms with van der Waals surface area (Å²) in [4.78, 5) is 22.7. The summed E-state index contributed by atoms with van der Waals surface area (Å²) in [5.41, 5.74) is 0.627. The summed E-state index contributed by atoms with van der Waals surface area (Å²) in [5.74, 6) is 0.0949. The van der Waals surface area contributed by atoms with Gasteiger partial charge in [0.05, 0.1) is 5.69 Å². The standard InChI is InChI=1S/C15H22N2O2/c18-12-14-8-5-10-17(14)11-9-15(19)16-13-6-3-1-2-4-7-13/h5,8,10,12-13H,1-4,6-7,9,11H2,(H,16,19). The second-order valence-electron chi connectivity index (χ2n) is 5.25. The molecule has 0 saturated heterocycles. The number of aryl methyl sites for hydroxylation is 1. The lowest BCUT2D eigenvalue weighted by atomic mass is 10.1. The van der Waals surface area contributed by atoms with Crippen molar-refractivity contribution in [3.8, 4) is 0 Å². The molecule has 0 unspecified atom stereocenters. The minimum Gasteiger partial charge on any atom is -0.353 e. The Morgan fingerprint density at radius 1 is 1.32 bits per heavy atom. The number of carbonyl (C=O) groups excluding carboxylic acids is 2. The molecule has 0 aromatic carbocycles. The Hall–Kier alpha value is -1.58. The van der Waals surface area contributed by atoms with Crippen molar-refractivity contribution in [1.29, 1.82) is 0 Å². The first-order valence-corrected chi connectivity index (χ1v) is 7.19. The van der Waals surface area contributed by atoms with Gasteiger partial charge in [-0.05, 0) is 25.0 Å². The van der Waals surface area contributed by atoms with Gasteiger partial charge in [-0.15, -0.1) is 0 Å². The number of nitrogens with one attached hydrogen (secondary N) is 1. The molecule has 0 spiro atoms. The number of aldehydes is 1. The number of hydrogen-bond acceptors (Lipinski definition) is 2. The van der Waals surface area contributed by atoms with Gasteiger partial charge in [-0.3, -0.25) is 9.59 Å². The van der Waals surface area contributed by atoms with Crippen molar-refractivity contribution in [3.05, 3.63) is 24.0 Å². The topological polar surface area (TPSA) is 51.1 Å². The maximum absolute atomic E-state index is 11.9. The average Bonchev–Trinajstić information content (AvgIpc) is 2.72. The van der Waals surface area contributed by atoms with Crippen LogP contribution in [0.3, 0.4) is 0 Å². The molecule has 0 atom stereocenters. The number of rotatable bonds is 5. The van der Waals surface area contributed by atoms with Gasteiger partial charge in [0.2, 0.25) is 5.91 Å². The van der Waals surface area contributed by atoms with Crippen molar-refractivity contribution in [2.24, 2.45) is 0 Å². The van der Waals surface area contributed by atoms with E-state index in [1.165, 1.54) is 25.7 Å². The smallest absolute Gasteiger partial charge is 0.222 e. The van der Waals surface area contributed by atoms with Crippen LogP contribution in [0, 0.1) is 0 Å². The monoisotopic (exact) mass is 262 g/mol. The highest BCUT2D eigenvalue weighted by atomic mass is 16.1. The van der Waals surface area contributed by atoms with E-state index < -0.39 is 0 Å². The van der Waals surface area contributed by atoms with Crippen LogP contribution in [-0.4, -0.2) is 22.8 Å². The third-order valence-corrected chi connectivity index (χ3v) is 3.79. The Labute approximate surface area is 114 Å². The molecular formula is C15H22N2O2. The van der Waals surface area contributed by atoms with Crippen molar-refractivity contribution < 1.29 is 9.59 Å². The van der Waals surface area contributed by atoms with E-state index in [-0.39, 0.29) is 5.91 Å². The van der Waals surface area contributed by atoms with E-state index in [9.17, 15) is 9.59 Å². The van der Waals surface area contributed by atoms with Gasteiger partial charge in [-0.25, -0.2) is 0 Å². The van der Waals surface area contributed by atoms with Gasteiger partial charge >= 0.3 is 0 Å². The molecule has 1 N–H and O–H groups in total. The van der Waals surface area contributed by atoms with Gasteiger partial charge in [0.1, 0.15) is 0 Å². The van der Waals surface area contributed by atoms with Crippen LogP contribution in [0.25, 0.3) is 0 Å². The van der Waals surface area contributed by atoms with E-state index in [1.54, 1.807) is 6.07 Å². The number of amides is 1. The number of carbonyl (C=O) groups is 2. The summed E-state index contributed by atoms with van der Waals surface area (Å²) in [7, 11) is 0. The van der Waals surface area contributed by atoms with Crippen molar-refractivity contribution in [1.82, 2.24) is 9.88 Å². The summed E-state index contributed by atoms with van der Waals surface area (Å²) >= 11 is 0. The van der Waals surface area contributed by atoms with Gasteiger partial charge in [0.25, 0.3) is 0 Å². The average molecular weight is 262 g/mol. The Balaban J connectivity index is 1.76. The molecule has 4 nitrogen and oxygen atoms in total. The first-order valence-electron chi connectivity index (χ1n) is 7.19. The maximum atomic E-state index is 11.9. The molecule has 4 heteroatoms. The van der Waals surface area contributed by atoms with Crippen LogP contribution in [-0.2, 0) is 11.3 Å². The van der Waals surface area contributed by atoms with Gasteiger partial charge in [0, 0.05) is 25.2 Å². The van der Waals surface area contributed by atoms with Gasteiger partial charge in [0.15, 0.2) is 6.29 Å². The fourth-order valence-electron chi connectivity index (χ4n) is 2.68. The van der Waals surface area contributed by atoms with Crippen molar-refractivity contribution in [2.75, 3.05) is 0 Å². The van der Waals surface area contributed by atoms with Crippen LogP contribution in [0.5, 0.6) is 0 Å². The zero-order valence-electron chi connectivity index (χ0n) is 11.3. The molecule has 1 fully saturated rings. The largest absolute Gasteiger partial charge is 0.353 e. The van der Waals surface area contributed by atoms with E-state index in [0.29, 0.717) is 24.7 Å². The predicted octanol–water partition coefficient (Wildman–Crippen LogP) is 2.53. The first kappa shape index (κ1) is 13.8. The number of aromatic nitrogens is 1. The molecule has 104 valence electrons. The zero-order chi connectivity index (χ0) is 13.5. The van der Waals surface area contributed by atoms with E-state index in [2.05, 4.69) is 5.32 Å². The van der Waals surface area contributed by atoms with E-state index in [0.717, 1.165) is 19.1 Å². The van der Waals surface area contributed by atoms with Crippen LogP contribution in [0.1, 0.15) is 55.4 Å². The Morgan fingerprint density at radius 2 is 2.05 bits per heavy atom. The van der Waals surface area contributed by atoms with E-state index >= 15 is 0 Å². The minimum absolute atomic E-state index is 0.0949. The second kappa shape index (κ2) is 7.12. The summed E-state index contributed by atoms with van der Waals surface area (Å²) in [6.07, 6.45) is 10.3. The fourth-order valence-corrected chi connectivity index (χ4v) is 2.68. The second-order valence-corrected chi connectivity index (χ2v) is 5.25. The van der Waals surface area contributed by atoms with Gasteiger partial charge in [-0.2, -0.15) is 0 Å². The zero-order valence-corrected chi connectivity index (χ0v) is 11.3. The molecule has 0 radical (unpaired) electrons. The predicted molar refractivity (Wildman–Crippen MR) is 74.1 cm³/mol. The maximum Gasteiger partial charge on any atom is 0.222 e. The molecular weight excluding hydrogens is 240 g/mol. The molecule has 0 bridgehead atoms. The summed E-state index contributed by atoms with van der Waals surface area (Å²) < 4.78 is 1.82. The lowest BCUT2D eigenvalue weighted by molar-refractivity contribution is -0.122. The number of nitrogens with zero attached hydrogens (tertiary/aromatic N) is 1. The van der Waals surface area contributed by atoms with Crippen molar-refractivity contribution >= 4 is 12.2 Å².